The third-order valence-electron chi connectivity index (χ3n) is 3.40. The third kappa shape index (κ3) is 1.35. The van der Waals surface area contributed by atoms with E-state index < -0.39 is 12.0 Å². The Bertz CT molecular complexity index is 442. The summed E-state index contributed by atoms with van der Waals surface area (Å²) in [5.74, 6) is -0.379. The molecule has 0 aromatic carbocycles. The second kappa shape index (κ2) is 3.31. The van der Waals surface area contributed by atoms with Crippen LogP contribution in [0.15, 0.2) is 17.5 Å². The van der Waals surface area contributed by atoms with Gasteiger partial charge < -0.3 is 10.0 Å². The van der Waals surface area contributed by atoms with Crippen LogP contribution in [0.5, 0.6) is 0 Å². The molecule has 1 N–H and O–H groups in total. The maximum Gasteiger partial charge on any atom is 0.326 e. The zero-order valence-corrected chi connectivity index (χ0v) is 9.31. The summed E-state index contributed by atoms with van der Waals surface area (Å²) in [7, 11) is 0. The first kappa shape index (κ1) is 9.84. The number of likely N-dealkylation sites (tertiary alicyclic amines) is 1. The van der Waals surface area contributed by atoms with Gasteiger partial charge in [-0.1, -0.05) is 6.07 Å². The molecule has 84 valence electrons. The molecule has 2 aliphatic rings. The molecule has 0 radical (unpaired) electrons. The molecule has 1 aliphatic carbocycles. The largest absolute Gasteiger partial charge is 0.480 e. The molecule has 3 rings (SSSR count). The van der Waals surface area contributed by atoms with Gasteiger partial charge in [0.2, 0.25) is 0 Å². The van der Waals surface area contributed by atoms with E-state index in [0.717, 1.165) is 6.42 Å². The average Bonchev–Trinajstić information content (AvgIpc) is 2.72. The van der Waals surface area contributed by atoms with Gasteiger partial charge in [-0.05, 0) is 29.7 Å². The minimum atomic E-state index is -0.866. The van der Waals surface area contributed by atoms with Gasteiger partial charge in [0.05, 0.1) is 4.88 Å². The highest BCUT2D eigenvalue weighted by Gasteiger charge is 2.57. The van der Waals surface area contributed by atoms with Crippen molar-refractivity contribution < 1.29 is 14.7 Å². The number of piperidine rings is 1. The summed E-state index contributed by atoms with van der Waals surface area (Å²) >= 11 is 1.36. The van der Waals surface area contributed by atoms with Crippen LogP contribution in [-0.4, -0.2) is 34.5 Å². The normalized spacial score (nSPS) is 31.2. The van der Waals surface area contributed by atoms with E-state index in [1.165, 1.54) is 16.2 Å². The fourth-order valence-corrected chi connectivity index (χ4v) is 3.21. The number of thiophene rings is 1. The van der Waals surface area contributed by atoms with Crippen LogP contribution in [0.2, 0.25) is 0 Å². The van der Waals surface area contributed by atoms with Crippen LogP contribution in [0.4, 0.5) is 0 Å². The number of nitrogens with zero attached hydrogens (tertiary/aromatic N) is 1. The van der Waals surface area contributed by atoms with Crippen molar-refractivity contribution in [2.45, 2.75) is 12.5 Å². The first-order valence-electron chi connectivity index (χ1n) is 5.26. The van der Waals surface area contributed by atoms with Gasteiger partial charge in [-0.2, -0.15) is 0 Å². The van der Waals surface area contributed by atoms with Crippen LogP contribution >= 0.6 is 11.3 Å². The first-order chi connectivity index (χ1) is 7.68. The summed E-state index contributed by atoms with van der Waals surface area (Å²) in [6, 6.07) is 2.96. The summed E-state index contributed by atoms with van der Waals surface area (Å²) in [6.45, 7) is 0.609. The Hall–Kier alpha value is -1.36. The molecule has 4 nitrogen and oxygen atoms in total. The third-order valence-corrected chi connectivity index (χ3v) is 4.25. The van der Waals surface area contributed by atoms with E-state index in [2.05, 4.69) is 0 Å². The maximum absolute atomic E-state index is 12.1. The number of carbonyl (C=O) groups excluding carboxylic acids is 1. The number of aliphatic carboxylic acids is 1. The SMILES string of the molecule is O=C(O)[C@@H]1[C@H]2C[C@@H]2CN1C(=O)c1cccs1. The van der Waals surface area contributed by atoms with Crippen LogP contribution in [0.25, 0.3) is 0 Å². The fraction of sp³-hybridized carbons (Fsp3) is 0.455. The number of hydrogen-bond donors (Lipinski definition) is 1. The molecule has 16 heavy (non-hydrogen) atoms. The predicted octanol–water partition coefficient (Wildman–Crippen LogP) is 1.29. The van der Waals surface area contributed by atoms with E-state index in [9.17, 15) is 9.59 Å². The Kier molecular flexibility index (Phi) is 2.04. The van der Waals surface area contributed by atoms with Crippen LogP contribution in [-0.2, 0) is 4.79 Å². The van der Waals surface area contributed by atoms with Crippen molar-refractivity contribution >= 4 is 23.2 Å². The Morgan fingerprint density at radius 1 is 1.50 bits per heavy atom. The number of fused-ring (bicyclic) bond motifs is 1. The minimum Gasteiger partial charge on any atom is -0.480 e. The molecule has 3 atom stereocenters. The highest BCUT2D eigenvalue weighted by atomic mass is 32.1. The lowest BCUT2D eigenvalue weighted by molar-refractivity contribution is -0.142. The number of carboxylic acids is 1. The lowest BCUT2D eigenvalue weighted by Gasteiger charge is -2.23. The van der Waals surface area contributed by atoms with Crippen LogP contribution in [0.1, 0.15) is 16.1 Å². The molecule has 1 aromatic rings. The number of rotatable bonds is 2. The summed E-state index contributed by atoms with van der Waals surface area (Å²) in [5.41, 5.74) is 0. The van der Waals surface area contributed by atoms with Gasteiger partial charge in [0.15, 0.2) is 0 Å². The Morgan fingerprint density at radius 3 is 2.94 bits per heavy atom. The molecule has 1 saturated carbocycles. The standard InChI is InChI=1S/C11H11NO3S/c13-10(8-2-1-3-16-8)12-5-6-4-7(6)9(12)11(14)15/h1-3,6-7,9H,4-5H2,(H,14,15)/t6-,7+,9+/m1/s1. The van der Waals surface area contributed by atoms with Crippen molar-refractivity contribution in [3.8, 4) is 0 Å². The van der Waals surface area contributed by atoms with Crippen LogP contribution in [0.3, 0.4) is 0 Å². The van der Waals surface area contributed by atoms with E-state index in [-0.39, 0.29) is 11.8 Å². The van der Waals surface area contributed by atoms with Crippen molar-refractivity contribution in [2.75, 3.05) is 6.54 Å². The molecule has 1 amide bonds. The van der Waals surface area contributed by atoms with Gasteiger partial charge >= 0.3 is 5.97 Å². The van der Waals surface area contributed by atoms with E-state index in [1.54, 1.807) is 6.07 Å². The molecule has 1 aromatic heterocycles. The fourth-order valence-electron chi connectivity index (χ4n) is 2.53. The Labute approximate surface area is 96.5 Å². The molecule has 0 unspecified atom stereocenters. The van der Waals surface area contributed by atoms with E-state index in [4.69, 9.17) is 5.11 Å². The molecule has 0 bridgehead atoms. The van der Waals surface area contributed by atoms with Crippen molar-refractivity contribution in [3.63, 3.8) is 0 Å². The molecular weight excluding hydrogens is 226 g/mol. The zero-order valence-electron chi connectivity index (χ0n) is 8.50. The molecule has 0 spiro atoms. The second-order valence-corrected chi connectivity index (χ2v) is 5.33. The number of carboxylic acid groups (broad SMARTS) is 1. The number of amides is 1. The Balaban J connectivity index is 1.85. The summed E-state index contributed by atoms with van der Waals surface area (Å²) in [4.78, 5) is 25.3. The van der Waals surface area contributed by atoms with E-state index >= 15 is 0 Å². The summed E-state index contributed by atoms with van der Waals surface area (Å²) in [5, 5.41) is 11.0. The first-order valence-corrected chi connectivity index (χ1v) is 6.13. The maximum atomic E-state index is 12.1. The molecule has 2 fully saturated rings. The average molecular weight is 237 g/mol. The quantitative estimate of drug-likeness (QED) is 0.843. The van der Waals surface area contributed by atoms with Crippen molar-refractivity contribution in [2.24, 2.45) is 11.8 Å². The van der Waals surface area contributed by atoms with Gasteiger partial charge in [0.1, 0.15) is 6.04 Å². The van der Waals surface area contributed by atoms with Crippen molar-refractivity contribution in [1.29, 1.82) is 0 Å². The molecule has 2 heterocycles. The molecule has 5 heteroatoms. The monoisotopic (exact) mass is 237 g/mol. The van der Waals surface area contributed by atoms with Crippen LogP contribution in [0, 0.1) is 11.8 Å². The highest BCUT2D eigenvalue weighted by molar-refractivity contribution is 7.12. The molecule has 1 aliphatic heterocycles. The van der Waals surface area contributed by atoms with Gasteiger partial charge in [0, 0.05) is 6.54 Å². The molecular formula is C11H11NO3S. The van der Waals surface area contributed by atoms with Crippen molar-refractivity contribution in [3.05, 3.63) is 22.4 Å². The summed E-state index contributed by atoms with van der Waals surface area (Å²) in [6.07, 6.45) is 0.963. The van der Waals surface area contributed by atoms with Gasteiger partial charge in [-0.25, -0.2) is 4.79 Å². The summed E-state index contributed by atoms with van der Waals surface area (Å²) < 4.78 is 0. The minimum absolute atomic E-state index is 0.130. The number of carbonyl (C=O) groups is 2. The lowest BCUT2D eigenvalue weighted by Crippen LogP contribution is -2.43. The Morgan fingerprint density at radius 2 is 2.31 bits per heavy atom. The van der Waals surface area contributed by atoms with Gasteiger partial charge in [0.25, 0.3) is 5.91 Å². The topological polar surface area (TPSA) is 57.6 Å². The molecule has 1 saturated heterocycles. The van der Waals surface area contributed by atoms with E-state index in [1.807, 2.05) is 11.4 Å². The van der Waals surface area contributed by atoms with Crippen LogP contribution < -0.4 is 0 Å². The van der Waals surface area contributed by atoms with Gasteiger partial charge in [-0.3, -0.25) is 4.79 Å². The number of hydrogen-bond acceptors (Lipinski definition) is 3. The van der Waals surface area contributed by atoms with Crippen molar-refractivity contribution in [1.82, 2.24) is 4.90 Å². The van der Waals surface area contributed by atoms with E-state index in [0.29, 0.717) is 17.3 Å². The second-order valence-electron chi connectivity index (χ2n) is 4.38. The van der Waals surface area contributed by atoms with Gasteiger partial charge in [-0.15, -0.1) is 11.3 Å². The predicted molar refractivity (Wildman–Crippen MR) is 58.4 cm³/mol. The zero-order chi connectivity index (χ0) is 11.3. The smallest absolute Gasteiger partial charge is 0.326 e. The lowest BCUT2D eigenvalue weighted by atomic mass is 10.2. The highest BCUT2D eigenvalue weighted by Crippen LogP contribution is 2.50.